The first-order valence-electron chi connectivity index (χ1n) is 9.79. The first-order valence-corrected chi connectivity index (χ1v) is 9.79. The molecule has 1 unspecified atom stereocenters. The highest BCUT2D eigenvalue weighted by molar-refractivity contribution is 5.81. The van der Waals surface area contributed by atoms with Gasteiger partial charge in [-0.25, -0.2) is 4.99 Å². The van der Waals surface area contributed by atoms with Crippen LogP contribution in [-0.2, 0) is 17.5 Å². The molecule has 2 N–H and O–H groups in total. The van der Waals surface area contributed by atoms with Gasteiger partial charge in [-0.3, -0.25) is 4.79 Å². The van der Waals surface area contributed by atoms with E-state index < -0.39 is 11.7 Å². The summed E-state index contributed by atoms with van der Waals surface area (Å²) in [6.07, 6.45) is -0.756. The third-order valence-corrected chi connectivity index (χ3v) is 4.77. The van der Waals surface area contributed by atoms with Gasteiger partial charge < -0.3 is 15.5 Å². The summed E-state index contributed by atoms with van der Waals surface area (Å²) in [5.74, 6) is 0.604. The van der Waals surface area contributed by atoms with Crippen molar-refractivity contribution >= 4 is 11.9 Å². The molecule has 1 atom stereocenters. The Labute approximate surface area is 164 Å². The second kappa shape index (κ2) is 10.3. The monoisotopic (exact) mass is 398 g/mol. The molecule has 1 aliphatic rings. The topological polar surface area (TPSA) is 56.7 Å². The molecule has 0 saturated carbocycles. The number of halogens is 3. The normalized spacial score (nSPS) is 18.1. The number of guanidine groups is 1. The number of piperidine rings is 1. The van der Waals surface area contributed by atoms with Crippen LogP contribution in [0.3, 0.4) is 0 Å². The van der Waals surface area contributed by atoms with E-state index in [2.05, 4.69) is 22.5 Å². The Kier molecular flexibility index (Phi) is 8.14. The number of hydrogen-bond acceptors (Lipinski definition) is 2. The number of alkyl halides is 3. The Hall–Kier alpha value is -2.25. The zero-order valence-corrected chi connectivity index (χ0v) is 16.5. The van der Waals surface area contributed by atoms with Gasteiger partial charge in [0.2, 0.25) is 5.91 Å². The Bertz CT molecular complexity index is 676. The molecule has 0 aliphatic carbocycles. The molecule has 5 nitrogen and oxygen atoms in total. The highest BCUT2D eigenvalue weighted by Crippen LogP contribution is 2.29. The number of carbonyl (C=O) groups excluding carboxylic acids is 1. The number of amides is 1. The number of nitrogens with zero attached hydrogens (tertiary/aromatic N) is 2. The van der Waals surface area contributed by atoms with Crippen LogP contribution in [0.4, 0.5) is 13.2 Å². The minimum atomic E-state index is -4.37. The van der Waals surface area contributed by atoms with E-state index in [0.717, 1.165) is 37.9 Å². The first kappa shape index (κ1) is 22.0. The fraction of sp³-hybridized carbons (Fsp3) is 0.600. The molecule has 1 aromatic carbocycles. The third-order valence-electron chi connectivity index (χ3n) is 4.77. The average Bonchev–Trinajstić information content (AvgIpc) is 2.66. The Morgan fingerprint density at radius 2 is 2.07 bits per heavy atom. The molecule has 0 bridgehead atoms. The molecular formula is C20H29F3N4O. The molecule has 1 saturated heterocycles. The Balaban J connectivity index is 1.89. The number of rotatable bonds is 6. The Morgan fingerprint density at radius 3 is 2.75 bits per heavy atom. The van der Waals surface area contributed by atoms with Crippen LogP contribution in [0.1, 0.15) is 50.7 Å². The van der Waals surface area contributed by atoms with Crippen molar-refractivity contribution in [3.8, 4) is 0 Å². The summed E-state index contributed by atoms with van der Waals surface area (Å²) in [7, 11) is 0. The summed E-state index contributed by atoms with van der Waals surface area (Å²) < 4.78 is 38.4. The number of carbonyl (C=O) groups is 1. The van der Waals surface area contributed by atoms with Gasteiger partial charge in [0.25, 0.3) is 0 Å². The second-order valence-electron chi connectivity index (χ2n) is 7.00. The highest BCUT2D eigenvalue weighted by Gasteiger charge is 2.30. The number of hydrogen-bond donors (Lipinski definition) is 2. The van der Waals surface area contributed by atoms with Crippen molar-refractivity contribution in [2.45, 2.75) is 58.3 Å². The van der Waals surface area contributed by atoms with E-state index in [1.165, 1.54) is 6.07 Å². The largest absolute Gasteiger partial charge is 0.416 e. The minimum absolute atomic E-state index is 0.119. The first-order chi connectivity index (χ1) is 13.3. The maximum Gasteiger partial charge on any atom is 0.416 e. The molecule has 156 valence electrons. The van der Waals surface area contributed by atoms with Crippen LogP contribution in [0.5, 0.6) is 0 Å². The zero-order chi connectivity index (χ0) is 20.6. The predicted molar refractivity (Wildman–Crippen MR) is 104 cm³/mol. The van der Waals surface area contributed by atoms with Crippen LogP contribution in [0.2, 0.25) is 0 Å². The summed E-state index contributed by atoms with van der Waals surface area (Å²) in [5.41, 5.74) is -0.204. The van der Waals surface area contributed by atoms with Gasteiger partial charge in [-0.05, 0) is 50.8 Å². The van der Waals surface area contributed by atoms with Crippen LogP contribution in [0.15, 0.2) is 29.3 Å². The number of likely N-dealkylation sites (tertiary alicyclic amines) is 1. The molecule has 1 amide bonds. The van der Waals surface area contributed by atoms with Gasteiger partial charge >= 0.3 is 6.18 Å². The van der Waals surface area contributed by atoms with Crippen LogP contribution >= 0.6 is 0 Å². The molecular weight excluding hydrogens is 369 g/mol. The lowest BCUT2D eigenvalue weighted by molar-refractivity contribution is -0.137. The maximum absolute atomic E-state index is 12.8. The molecule has 2 rings (SSSR count). The fourth-order valence-electron chi connectivity index (χ4n) is 3.26. The van der Waals surface area contributed by atoms with Gasteiger partial charge in [0.05, 0.1) is 12.1 Å². The van der Waals surface area contributed by atoms with Gasteiger partial charge in [0.1, 0.15) is 0 Å². The van der Waals surface area contributed by atoms with Crippen molar-refractivity contribution in [1.82, 2.24) is 15.5 Å². The fourth-order valence-corrected chi connectivity index (χ4v) is 3.26. The molecule has 1 heterocycles. The number of aliphatic imine (C=N–C) groups is 1. The molecule has 0 spiro atoms. The van der Waals surface area contributed by atoms with Crippen molar-refractivity contribution in [3.05, 3.63) is 35.4 Å². The average molecular weight is 398 g/mol. The minimum Gasteiger partial charge on any atom is -0.357 e. The van der Waals surface area contributed by atoms with Gasteiger partial charge in [-0.2, -0.15) is 13.2 Å². The van der Waals surface area contributed by atoms with Crippen LogP contribution in [-0.4, -0.2) is 42.4 Å². The summed E-state index contributed by atoms with van der Waals surface area (Å²) >= 11 is 0. The van der Waals surface area contributed by atoms with Crippen molar-refractivity contribution in [3.63, 3.8) is 0 Å². The van der Waals surface area contributed by atoms with Crippen molar-refractivity contribution < 1.29 is 18.0 Å². The van der Waals surface area contributed by atoms with Gasteiger partial charge in [-0.15, -0.1) is 0 Å². The van der Waals surface area contributed by atoms with Crippen molar-refractivity contribution in [2.24, 2.45) is 4.99 Å². The lowest BCUT2D eigenvalue weighted by Gasteiger charge is -2.33. The molecule has 0 radical (unpaired) electrons. The number of benzene rings is 1. The van der Waals surface area contributed by atoms with Crippen LogP contribution in [0.25, 0.3) is 0 Å². The molecule has 1 fully saturated rings. The summed E-state index contributed by atoms with van der Waals surface area (Å²) in [4.78, 5) is 18.6. The predicted octanol–water partition coefficient (Wildman–Crippen LogP) is 3.55. The zero-order valence-electron chi connectivity index (χ0n) is 16.5. The molecule has 0 aromatic heterocycles. The van der Waals surface area contributed by atoms with Gasteiger partial charge in [-0.1, -0.05) is 12.1 Å². The lowest BCUT2D eigenvalue weighted by atomic mass is 10.0. The second-order valence-corrected chi connectivity index (χ2v) is 7.00. The van der Waals surface area contributed by atoms with E-state index in [1.54, 1.807) is 6.07 Å². The summed E-state index contributed by atoms with van der Waals surface area (Å²) in [6.45, 7) is 5.95. The number of nitrogens with one attached hydrogen (secondary N) is 2. The van der Waals surface area contributed by atoms with E-state index in [-0.39, 0.29) is 18.5 Å². The molecule has 1 aliphatic heterocycles. The highest BCUT2D eigenvalue weighted by atomic mass is 19.4. The molecule has 8 heteroatoms. The van der Waals surface area contributed by atoms with E-state index >= 15 is 0 Å². The van der Waals surface area contributed by atoms with Gasteiger partial charge in [0, 0.05) is 32.1 Å². The van der Waals surface area contributed by atoms with E-state index in [1.807, 2.05) is 11.8 Å². The van der Waals surface area contributed by atoms with E-state index in [0.29, 0.717) is 31.0 Å². The van der Waals surface area contributed by atoms with E-state index in [4.69, 9.17) is 0 Å². The van der Waals surface area contributed by atoms with E-state index in [9.17, 15) is 18.0 Å². The van der Waals surface area contributed by atoms with Crippen LogP contribution in [0, 0.1) is 0 Å². The lowest BCUT2D eigenvalue weighted by Crippen LogP contribution is -2.44. The summed E-state index contributed by atoms with van der Waals surface area (Å²) in [6, 6.07) is 5.43. The van der Waals surface area contributed by atoms with Crippen LogP contribution < -0.4 is 10.6 Å². The van der Waals surface area contributed by atoms with Crippen molar-refractivity contribution in [1.29, 1.82) is 0 Å². The molecule has 28 heavy (non-hydrogen) atoms. The van der Waals surface area contributed by atoms with Gasteiger partial charge in [0.15, 0.2) is 5.96 Å². The SMILES string of the molecule is CCNC(=NCc1cccc(C(F)(F)F)c1)NCCC(=O)N1CCCCC1C. The third kappa shape index (κ3) is 6.73. The Morgan fingerprint density at radius 1 is 1.29 bits per heavy atom. The quantitative estimate of drug-likeness (QED) is 0.569. The van der Waals surface area contributed by atoms with Crippen molar-refractivity contribution in [2.75, 3.05) is 19.6 Å². The smallest absolute Gasteiger partial charge is 0.357 e. The molecule has 1 aromatic rings. The maximum atomic E-state index is 12.8. The summed E-state index contributed by atoms with van der Waals surface area (Å²) in [5, 5.41) is 6.14. The standard InChI is InChI=1S/C20H29F3N4O/c1-3-24-19(25-11-10-18(28)27-12-5-4-7-15(27)2)26-14-16-8-6-9-17(13-16)20(21,22)23/h6,8-9,13,15H,3-5,7,10-12,14H2,1-2H3,(H2,24,25,26).